The van der Waals surface area contributed by atoms with Gasteiger partial charge in [-0.05, 0) is 31.5 Å². The number of carbonyl (C=O) groups is 2. The molecule has 0 fully saturated rings. The predicted molar refractivity (Wildman–Crippen MR) is 94.4 cm³/mol. The second kappa shape index (κ2) is 8.15. The van der Waals surface area contributed by atoms with Crippen LogP contribution in [0.3, 0.4) is 0 Å². The smallest absolute Gasteiger partial charge is 0.340 e. The van der Waals surface area contributed by atoms with Crippen molar-refractivity contribution in [2.24, 2.45) is 0 Å². The largest absolute Gasteiger partial charge is 0.497 e. The van der Waals surface area contributed by atoms with Crippen molar-refractivity contribution in [1.29, 1.82) is 0 Å². The Bertz CT molecular complexity index is 611. The first kappa shape index (κ1) is 20.0. The standard InChI is InChI=1S/C18H28N2O4/c1-8-15(20(4,5)9-2)17(21)19-16-12(3)10-13(23-6)11-14(16)18(22)24-7/h10-11,15H,8-9H2,1-7H3/p+1. The van der Waals surface area contributed by atoms with Crippen LogP contribution in [0.15, 0.2) is 12.1 Å². The summed E-state index contributed by atoms with van der Waals surface area (Å²) in [5.41, 5.74) is 1.52. The lowest BCUT2D eigenvalue weighted by molar-refractivity contribution is -0.904. The van der Waals surface area contributed by atoms with E-state index < -0.39 is 5.97 Å². The summed E-state index contributed by atoms with van der Waals surface area (Å²) >= 11 is 0. The van der Waals surface area contributed by atoms with Crippen molar-refractivity contribution in [2.75, 3.05) is 40.2 Å². The number of rotatable bonds is 7. The minimum absolute atomic E-state index is 0.109. The average molecular weight is 337 g/mol. The van der Waals surface area contributed by atoms with Crippen LogP contribution in [0.4, 0.5) is 5.69 Å². The number of amides is 1. The fourth-order valence-corrected chi connectivity index (χ4v) is 2.73. The number of methoxy groups -OCH3 is 2. The van der Waals surface area contributed by atoms with Crippen molar-refractivity contribution in [3.05, 3.63) is 23.3 Å². The monoisotopic (exact) mass is 337 g/mol. The maximum absolute atomic E-state index is 12.8. The summed E-state index contributed by atoms with van der Waals surface area (Å²) in [6, 6.07) is 3.15. The lowest BCUT2D eigenvalue weighted by Gasteiger charge is -2.35. The highest BCUT2D eigenvalue weighted by atomic mass is 16.5. The molecule has 0 spiro atoms. The molecule has 24 heavy (non-hydrogen) atoms. The number of aryl methyl sites for hydroxylation is 1. The number of benzene rings is 1. The van der Waals surface area contributed by atoms with Crippen molar-refractivity contribution in [3.63, 3.8) is 0 Å². The number of hydrogen-bond donors (Lipinski definition) is 1. The molecule has 0 heterocycles. The van der Waals surface area contributed by atoms with Gasteiger partial charge in [0.15, 0.2) is 6.04 Å². The Hall–Kier alpha value is -2.08. The molecule has 0 bridgehead atoms. The third-order valence-corrected chi connectivity index (χ3v) is 4.55. The van der Waals surface area contributed by atoms with Crippen LogP contribution in [-0.2, 0) is 9.53 Å². The molecule has 1 amide bonds. The number of quaternary nitrogens is 1. The SMILES string of the molecule is CCC(C(=O)Nc1c(C)cc(OC)cc1C(=O)OC)[N+](C)(C)CC. The molecule has 1 N–H and O–H groups in total. The number of nitrogens with zero attached hydrogens (tertiary/aromatic N) is 1. The highest BCUT2D eigenvalue weighted by Gasteiger charge is 2.33. The highest BCUT2D eigenvalue weighted by molar-refractivity contribution is 6.03. The molecule has 1 unspecified atom stereocenters. The van der Waals surface area contributed by atoms with Gasteiger partial charge in [0, 0.05) is 6.42 Å². The van der Waals surface area contributed by atoms with E-state index in [1.807, 2.05) is 27.9 Å². The summed E-state index contributed by atoms with van der Waals surface area (Å²) in [5, 5.41) is 2.93. The molecule has 134 valence electrons. The van der Waals surface area contributed by atoms with Crippen LogP contribution in [0.5, 0.6) is 5.75 Å². The van der Waals surface area contributed by atoms with Crippen LogP contribution < -0.4 is 10.1 Å². The van der Waals surface area contributed by atoms with Gasteiger partial charge < -0.3 is 19.3 Å². The molecule has 1 atom stereocenters. The lowest BCUT2D eigenvalue weighted by atomic mass is 10.1. The van der Waals surface area contributed by atoms with Crippen LogP contribution in [0, 0.1) is 6.92 Å². The van der Waals surface area contributed by atoms with Gasteiger partial charge in [-0.3, -0.25) is 4.79 Å². The second-order valence-corrected chi connectivity index (χ2v) is 6.37. The fourth-order valence-electron chi connectivity index (χ4n) is 2.73. The van der Waals surface area contributed by atoms with Crippen molar-refractivity contribution in [3.8, 4) is 5.75 Å². The number of likely N-dealkylation sites (N-methyl/N-ethyl adjacent to an activating group) is 1. The number of hydrogen-bond acceptors (Lipinski definition) is 4. The first-order valence-corrected chi connectivity index (χ1v) is 8.12. The third-order valence-electron chi connectivity index (χ3n) is 4.55. The van der Waals surface area contributed by atoms with E-state index in [1.54, 1.807) is 12.1 Å². The molecule has 6 heteroatoms. The zero-order chi connectivity index (χ0) is 18.5. The first-order chi connectivity index (χ1) is 11.2. The Morgan fingerprint density at radius 3 is 2.29 bits per heavy atom. The van der Waals surface area contributed by atoms with Crippen LogP contribution in [0.25, 0.3) is 0 Å². The Labute approximate surface area is 144 Å². The summed E-state index contributed by atoms with van der Waals surface area (Å²) in [6.45, 7) is 6.69. The number of nitrogens with one attached hydrogen (secondary N) is 1. The van der Waals surface area contributed by atoms with Crippen LogP contribution in [0.1, 0.15) is 36.2 Å². The van der Waals surface area contributed by atoms with Gasteiger partial charge >= 0.3 is 5.97 Å². The van der Waals surface area contributed by atoms with E-state index in [2.05, 4.69) is 12.2 Å². The summed E-state index contributed by atoms with van der Waals surface area (Å²) in [7, 11) is 6.89. The maximum Gasteiger partial charge on any atom is 0.340 e. The molecular weight excluding hydrogens is 308 g/mol. The molecule has 1 aromatic carbocycles. The Morgan fingerprint density at radius 1 is 1.21 bits per heavy atom. The minimum atomic E-state index is -0.510. The first-order valence-electron chi connectivity index (χ1n) is 8.12. The van der Waals surface area contributed by atoms with Gasteiger partial charge in [-0.1, -0.05) is 6.92 Å². The van der Waals surface area contributed by atoms with Gasteiger partial charge in [0.05, 0.1) is 46.1 Å². The number of ether oxygens (including phenoxy) is 2. The summed E-state index contributed by atoms with van der Waals surface area (Å²) in [5.74, 6) is -0.0741. The van der Waals surface area contributed by atoms with Crippen LogP contribution in [-0.4, -0.2) is 57.3 Å². The van der Waals surface area contributed by atoms with E-state index in [0.29, 0.717) is 27.9 Å². The fraction of sp³-hybridized carbons (Fsp3) is 0.556. The van der Waals surface area contributed by atoms with E-state index in [0.717, 1.165) is 12.1 Å². The van der Waals surface area contributed by atoms with Gasteiger partial charge in [0.25, 0.3) is 5.91 Å². The second-order valence-electron chi connectivity index (χ2n) is 6.37. The molecule has 1 rings (SSSR count). The van der Waals surface area contributed by atoms with Crippen molar-refractivity contribution in [1.82, 2.24) is 0 Å². The normalized spacial score (nSPS) is 12.5. The molecule has 0 saturated heterocycles. The molecule has 0 aliphatic carbocycles. The Balaban J connectivity index is 3.27. The molecule has 6 nitrogen and oxygen atoms in total. The summed E-state index contributed by atoms with van der Waals surface area (Å²) < 4.78 is 10.6. The van der Waals surface area contributed by atoms with E-state index in [-0.39, 0.29) is 11.9 Å². The topological polar surface area (TPSA) is 64.6 Å². The van der Waals surface area contributed by atoms with Crippen LogP contribution >= 0.6 is 0 Å². The van der Waals surface area contributed by atoms with E-state index >= 15 is 0 Å². The van der Waals surface area contributed by atoms with E-state index in [4.69, 9.17) is 9.47 Å². The quantitative estimate of drug-likeness (QED) is 0.613. The van der Waals surface area contributed by atoms with Crippen molar-refractivity contribution in [2.45, 2.75) is 33.2 Å². The maximum atomic E-state index is 12.8. The number of esters is 1. The average Bonchev–Trinajstić information content (AvgIpc) is 2.55. The van der Waals surface area contributed by atoms with Crippen LogP contribution in [0.2, 0.25) is 0 Å². The van der Waals surface area contributed by atoms with Gasteiger partial charge in [-0.2, -0.15) is 0 Å². The zero-order valence-corrected chi connectivity index (χ0v) is 15.7. The van der Waals surface area contributed by atoms with Gasteiger partial charge in [-0.15, -0.1) is 0 Å². The molecule has 0 aliphatic heterocycles. The lowest BCUT2D eigenvalue weighted by Crippen LogP contribution is -2.54. The van der Waals surface area contributed by atoms with E-state index in [9.17, 15) is 9.59 Å². The van der Waals surface area contributed by atoms with Gasteiger partial charge in [-0.25, -0.2) is 4.79 Å². The van der Waals surface area contributed by atoms with Crippen molar-refractivity contribution < 1.29 is 23.5 Å². The molecule has 0 aliphatic rings. The molecule has 0 radical (unpaired) electrons. The summed E-state index contributed by atoms with van der Waals surface area (Å²) in [4.78, 5) is 24.9. The van der Waals surface area contributed by atoms with E-state index in [1.165, 1.54) is 14.2 Å². The third kappa shape index (κ3) is 4.26. The molecular formula is C18H29N2O4+. The van der Waals surface area contributed by atoms with Gasteiger partial charge in [0.1, 0.15) is 5.75 Å². The molecule has 0 saturated carbocycles. The number of carbonyl (C=O) groups excluding carboxylic acids is 2. The number of anilines is 1. The molecule has 0 aromatic heterocycles. The van der Waals surface area contributed by atoms with Crippen molar-refractivity contribution >= 4 is 17.6 Å². The minimum Gasteiger partial charge on any atom is -0.497 e. The highest BCUT2D eigenvalue weighted by Crippen LogP contribution is 2.28. The zero-order valence-electron chi connectivity index (χ0n) is 15.7. The summed E-state index contributed by atoms with van der Waals surface area (Å²) in [6.07, 6.45) is 0.704. The predicted octanol–water partition coefficient (Wildman–Crippen LogP) is 2.60. The van der Waals surface area contributed by atoms with Gasteiger partial charge in [0.2, 0.25) is 0 Å². The Kier molecular flexibility index (Phi) is 6.78. The molecule has 1 aromatic rings. The Morgan fingerprint density at radius 2 is 1.83 bits per heavy atom.